The van der Waals surface area contributed by atoms with Crippen LogP contribution in [0.25, 0.3) is 6.08 Å². The number of carbonyl (C=O) groups excluding carboxylic acids is 8. The maximum Gasteiger partial charge on any atom is 0.333 e. The van der Waals surface area contributed by atoms with Crippen LogP contribution in [-0.4, -0.2) is 156 Å². The van der Waals surface area contributed by atoms with E-state index in [9.17, 15) is 38.4 Å². The smallest absolute Gasteiger partial charge is 0.333 e. The van der Waals surface area contributed by atoms with Crippen LogP contribution in [0.15, 0.2) is 165 Å². The van der Waals surface area contributed by atoms with Gasteiger partial charge in [0, 0.05) is 78.1 Å². The molecule has 1 fully saturated rings. The first-order chi connectivity index (χ1) is 38.7. The largest absolute Gasteiger partial charge is 0.542 e. The Morgan fingerprint density at radius 1 is 0.595 bits per heavy atom. The number of aliphatic hydroxyl groups is 1. The van der Waals surface area contributed by atoms with E-state index >= 15 is 0 Å². The van der Waals surface area contributed by atoms with Crippen molar-refractivity contribution in [1.29, 1.82) is 0 Å². The Morgan fingerprint density at radius 2 is 0.952 bits per heavy atom. The van der Waals surface area contributed by atoms with Crippen LogP contribution >= 0.6 is 0 Å². The Bertz CT molecular complexity index is 2290. The fourth-order valence-corrected chi connectivity index (χ4v) is 3.23. The van der Waals surface area contributed by atoms with Crippen LogP contribution in [0, 0.1) is 0 Å². The summed E-state index contributed by atoms with van der Waals surface area (Å²) in [7, 11) is 6.73. The molecule has 2 aromatic rings. The molecule has 469 valence electrons. The summed E-state index contributed by atoms with van der Waals surface area (Å²) in [5, 5.41) is 16.1. The summed E-state index contributed by atoms with van der Waals surface area (Å²) in [4.78, 5) is 93.8. The van der Waals surface area contributed by atoms with Gasteiger partial charge in [0.2, 0.25) is 0 Å². The number of epoxide rings is 1. The van der Waals surface area contributed by atoms with E-state index in [-0.39, 0.29) is 79.3 Å². The van der Waals surface area contributed by atoms with Crippen molar-refractivity contribution in [2.45, 2.75) is 75.0 Å². The van der Waals surface area contributed by atoms with Crippen LogP contribution in [0.4, 0.5) is 0 Å². The molecule has 3 rings (SSSR count). The van der Waals surface area contributed by atoms with Crippen molar-refractivity contribution in [1.82, 2.24) is 4.90 Å². The van der Waals surface area contributed by atoms with Crippen molar-refractivity contribution in [2.24, 2.45) is 0 Å². The number of likely N-dealkylation sites (N-methyl/N-ethyl adjacent to an activating group) is 1. The van der Waals surface area contributed by atoms with Crippen LogP contribution in [0.2, 0.25) is 0 Å². The van der Waals surface area contributed by atoms with E-state index in [0.29, 0.717) is 73.1 Å². The van der Waals surface area contributed by atoms with Crippen LogP contribution in [0.5, 0.6) is 0 Å². The molecule has 1 radical (unpaired) electrons. The molecule has 21 nitrogen and oxygen atoms in total. The van der Waals surface area contributed by atoms with Gasteiger partial charge in [0.05, 0.1) is 33.2 Å². The van der Waals surface area contributed by atoms with Gasteiger partial charge in [-0.3, -0.25) is 11.1 Å². The number of aliphatic hydroxyl groups excluding tert-OH is 1. The first-order valence-electron chi connectivity index (χ1n) is 24.6. The van der Waals surface area contributed by atoms with Gasteiger partial charge in [-0.1, -0.05) is 126 Å². The number of carbonyl (C=O) groups is 8. The van der Waals surface area contributed by atoms with E-state index in [0.717, 1.165) is 18.4 Å². The van der Waals surface area contributed by atoms with Crippen molar-refractivity contribution in [3.05, 3.63) is 176 Å². The molecule has 2 aromatic carbocycles. The number of carboxylic acids is 1. The Kier molecular flexibility index (Phi) is 70.5. The molecule has 1 atom stereocenters. The van der Waals surface area contributed by atoms with E-state index in [1.54, 1.807) is 48.7 Å². The Morgan fingerprint density at radius 3 is 1.21 bits per heavy atom. The van der Waals surface area contributed by atoms with Crippen molar-refractivity contribution in [2.75, 3.05) is 81.1 Å². The standard InChI is InChI=1S/C11H12O2.C8H15NO2.C8H8.C7H10O3.C7H12O3.C6H10O3.C5H8O2.2C4H6O2.C2H3O.V/c1-9(2)11(12)13-8-10-6-4-3-5-7-10;1-7(2)8(10)11-6-5-9(3)4;1-2-8-6-4-3-5-7-8;1-5(2)7(8)10-4-6-3-9-6;1-6(2)7(8)10-5-4-9-3;1-5(2)6(8)9-4-3-7;1-4(2)5(6)7-3;1-3-6-4(2)5;1-3(2)4(5)6;1-2-3;/h3-7H,1,8H2,2H3;1,5-6H2,2-4H3;2-7H,1H2;6H,1,3-4H2,2H3;1,4-5H2,2-3H3;7H,1,3-4H2,2H3;1H2,2-3H3;3H,1H2,2H3;1H2,2H3,(H,5,6);1H3;/q;;;;;;;;;-1;. The SMILES string of the molecule is C=C(C)C(=O)O.C=C(C)C(=O)OC.C=C(C)C(=O)OCC1CO1.C=C(C)C(=O)OCCN(C)C.C=C(C)C(=O)OCCO.C=C(C)C(=O)OCCOC.C=C(C)C(=O)OCc1ccccc1.C=COC(C)=O.C=Cc1ccccc1.C[C-]=O.[V]. The normalized spacial score (nSPS) is 9.96. The molecule has 0 spiro atoms. The zero-order chi connectivity index (χ0) is 65.9. The Labute approximate surface area is 509 Å². The van der Waals surface area contributed by atoms with E-state index in [1.807, 2.05) is 85.7 Å². The maximum absolute atomic E-state index is 11.0. The molecule has 22 heteroatoms. The number of nitrogens with zero attached hydrogens (tertiary/aromatic N) is 1. The van der Waals surface area contributed by atoms with Gasteiger partial charge in [0.1, 0.15) is 39.1 Å². The van der Waals surface area contributed by atoms with Crippen LogP contribution < -0.4 is 0 Å². The summed E-state index contributed by atoms with van der Waals surface area (Å²) in [5.74, 6) is -3.42. The van der Waals surface area contributed by atoms with Gasteiger partial charge in [-0.25, -0.2) is 33.6 Å². The molecule has 0 aliphatic carbocycles. The second-order valence-electron chi connectivity index (χ2n) is 16.4. The number of aliphatic carboxylic acids is 1. The van der Waals surface area contributed by atoms with E-state index in [4.69, 9.17) is 34.0 Å². The minimum atomic E-state index is -0.935. The van der Waals surface area contributed by atoms with Crippen molar-refractivity contribution < 1.29 is 115 Å². The number of carboxylic acid groups (broad SMARTS) is 1. The van der Waals surface area contributed by atoms with Crippen molar-refractivity contribution in [3.63, 3.8) is 0 Å². The average Bonchev–Trinajstić information content (AvgIpc) is 4.28. The molecular weight excluding hydrogens is 1130 g/mol. The van der Waals surface area contributed by atoms with E-state index in [2.05, 4.69) is 82.9 Å². The first-order valence-corrected chi connectivity index (χ1v) is 24.6. The predicted octanol–water partition coefficient (Wildman–Crippen LogP) is 8.85. The number of esters is 7. The minimum Gasteiger partial charge on any atom is -0.542 e. The summed E-state index contributed by atoms with van der Waals surface area (Å²) in [6.45, 7) is 47.4. The van der Waals surface area contributed by atoms with E-state index in [1.165, 1.54) is 39.7 Å². The number of hydrogen-bond donors (Lipinski definition) is 2. The molecule has 0 amide bonds. The van der Waals surface area contributed by atoms with Crippen molar-refractivity contribution >= 4 is 60.1 Å². The Hall–Kier alpha value is -8.05. The number of rotatable bonds is 21. The van der Waals surface area contributed by atoms with Gasteiger partial charge in [-0.15, -0.1) is 0 Å². The molecule has 1 heterocycles. The molecular formula is C62H90NO20V-. The van der Waals surface area contributed by atoms with Gasteiger partial charge in [0.15, 0.2) is 0 Å². The molecule has 1 unspecified atom stereocenters. The third-order valence-corrected chi connectivity index (χ3v) is 7.56. The first kappa shape index (κ1) is 92.4. The minimum absolute atomic E-state index is 0. The molecule has 2 N–H and O–H groups in total. The molecule has 0 saturated carbocycles. The van der Waals surface area contributed by atoms with Gasteiger partial charge in [-0.2, -0.15) is 6.92 Å². The second-order valence-corrected chi connectivity index (χ2v) is 16.4. The molecule has 0 bridgehead atoms. The summed E-state index contributed by atoms with van der Waals surface area (Å²) in [6, 6.07) is 19.6. The molecule has 84 heavy (non-hydrogen) atoms. The van der Waals surface area contributed by atoms with E-state index < -0.39 is 11.9 Å². The third kappa shape index (κ3) is 78.2. The van der Waals surface area contributed by atoms with Gasteiger partial charge >= 0.3 is 47.8 Å². The quantitative estimate of drug-likeness (QED) is 0.0224. The van der Waals surface area contributed by atoms with Gasteiger partial charge < -0.3 is 62.5 Å². The van der Waals surface area contributed by atoms with Gasteiger partial charge in [0.25, 0.3) is 0 Å². The monoisotopic (exact) mass is 1220 g/mol. The predicted molar refractivity (Wildman–Crippen MR) is 321 cm³/mol. The van der Waals surface area contributed by atoms with Crippen molar-refractivity contribution in [3.8, 4) is 0 Å². The number of benzene rings is 2. The maximum atomic E-state index is 11.0. The summed E-state index contributed by atoms with van der Waals surface area (Å²) < 4.78 is 41.6. The second kappa shape index (κ2) is 64.1. The summed E-state index contributed by atoms with van der Waals surface area (Å²) in [6.07, 6.45) is 4.57. The summed E-state index contributed by atoms with van der Waals surface area (Å²) in [5.41, 5.74) is 4.84. The zero-order valence-electron chi connectivity index (χ0n) is 51.4. The fraction of sp³-hybridized carbons (Fsp3) is 0.371. The van der Waals surface area contributed by atoms with Crippen LogP contribution in [0.1, 0.15) is 73.4 Å². The molecule has 1 aliphatic rings. The van der Waals surface area contributed by atoms with Gasteiger partial charge in [-0.05, 0) is 73.7 Å². The molecule has 0 aromatic heterocycles. The Balaban J connectivity index is -0.000000129. The number of ether oxygens (including phenoxy) is 9. The topological polar surface area (TPSA) is 284 Å². The number of hydrogen-bond acceptors (Lipinski definition) is 20. The third-order valence-electron chi connectivity index (χ3n) is 7.56. The zero-order valence-corrected chi connectivity index (χ0v) is 52.8. The number of methoxy groups -OCH3 is 2. The van der Waals surface area contributed by atoms with Crippen LogP contribution in [-0.2, 0) is 111 Å². The summed E-state index contributed by atoms with van der Waals surface area (Å²) >= 11 is 0. The molecule has 1 aliphatic heterocycles. The van der Waals surface area contributed by atoms with Crippen LogP contribution in [0.3, 0.4) is 0 Å². The molecule has 1 saturated heterocycles. The fourth-order valence-electron chi connectivity index (χ4n) is 3.23. The average molecular weight is 1220 g/mol.